The molecule has 1 amide bonds. The fraction of sp³-hybridized carbons (Fsp3) is 0.588. The highest BCUT2D eigenvalue weighted by atomic mass is 16.4. The third kappa shape index (κ3) is 3.81. The molecule has 0 radical (unpaired) electrons. The minimum Gasteiger partial charge on any atom is -0.444 e. The number of nitrogens with one attached hydrogen (secondary N) is 1. The summed E-state index contributed by atoms with van der Waals surface area (Å²) < 4.78 is 7.39. The summed E-state index contributed by atoms with van der Waals surface area (Å²) in [6.45, 7) is 14.4. The van der Waals surface area contributed by atoms with Gasteiger partial charge in [-0.25, -0.2) is 4.98 Å². The van der Waals surface area contributed by atoms with Gasteiger partial charge in [-0.1, -0.05) is 13.8 Å². The molecule has 2 aromatic heterocycles. The molecule has 1 N–H and O–H groups in total. The first-order valence-electron chi connectivity index (χ1n) is 7.91. The second-order valence-electron chi connectivity index (χ2n) is 7.12. The van der Waals surface area contributed by atoms with Crippen LogP contribution in [0.3, 0.4) is 0 Å². The predicted molar refractivity (Wildman–Crippen MR) is 88.5 cm³/mol. The van der Waals surface area contributed by atoms with Crippen molar-refractivity contribution in [1.82, 2.24) is 20.1 Å². The maximum Gasteiger partial charge on any atom is 0.272 e. The maximum absolute atomic E-state index is 12.4. The fourth-order valence-corrected chi connectivity index (χ4v) is 2.32. The molecule has 0 fully saturated rings. The van der Waals surface area contributed by atoms with Crippen LogP contribution in [0.5, 0.6) is 0 Å². The number of hydrogen-bond acceptors (Lipinski definition) is 4. The number of oxazole rings is 1. The second kappa shape index (κ2) is 6.18. The van der Waals surface area contributed by atoms with Crippen LogP contribution in [-0.4, -0.2) is 20.7 Å². The lowest BCUT2D eigenvalue weighted by Gasteiger charge is -2.23. The molecular formula is C17H26N4O2. The van der Waals surface area contributed by atoms with Gasteiger partial charge in [0, 0.05) is 5.69 Å². The average molecular weight is 318 g/mol. The van der Waals surface area contributed by atoms with E-state index >= 15 is 0 Å². The first-order valence-corrected chi connectivity index (χ1v) is 7.91. The first kappa shape index (κ1) is 17.2. The minimum absolute atomic E-state index is 0.172. The van der Waals surface area contributed by atoms with Gasteiger partial charge in [0.05, 0.1) is 17.8 Å². The van der Waals surface area contributed by atoms with Crippen molar-refractivity contribution in [1.29, 1.82) is 0 Å². The van der Waals surface area contributed by atoms with Crippen LogP contribution in [0, 0.1) is 13.8 Å². The van der Waals surface area contributed by atoms with Crippen molar-refractivity contribution in [3.05, 3.63) is 34.8 Å². The largest absolute Gasteiger partial charge is 0.444 e. The van der Waals surface area contributed by atoms with Crippen molar-refractivity contribution in [2.45, 2.75) is 66.5 Å². The second-order valence-corrected chi connectivity index (χ2v) is 7.12. The van der Waals surface area contributed by atoms with Crippen molar-refractivity contribution in [3.63, 3.8) is 0 Å². The quantitative estimate of drug-likeness (QED) is 0.938. The van der Waals surface area contributed by atoms with Gasteiger partial charge in [0.25, 0.3) is 5.91 Å². The third-order valence-electron chi connectivity index (χ3n) is 3.67. The van der Waals surface area contributed by atoms with Crippen LogP contribution >= 0.6 is 0 Å². The zero-order valence-electron chi connectivity index (χ0n) is 15.0. The zero-order chi connectivity index (χ0) is 17.4. The molecule has 23 heavy (non-hydrogen) atoms. The van der Waals surface area contributed by atoms with Crippen molar-refractivity contribution in [2.75, 3.05) is 0 Å². The van der Waals surface area contributed by atoms with E-state index in [2.05, 4.69) is 50.0 Å². The SMILES string of the molecule is Cc1nc(CNC(=O)c2cc(C(C)C)n(C(C)(C)C)n2)oc1C. The highest BCUT2D eigenvalue weighted by Gasteiger charge is 2.23. The molecule has 0 atom stereocenters. The molecule has 2 aromatic rings. The molecule has 0 aromatic carbocycles. The van der Waals surface area contributed by atoms with E-state index < -0.39 is 0 Å². The molecule has 0 aliphatic rings. The van der Waals surface area contributed by atoms with E-state index in [0.29, 0.717) is 17.5 Å². The number of carbonyl (C=O) groups is 1. The van der Waals surface area contributed by atoms with Crippen LogP contribution in [0.1, 0.15) is 74.1 Å². The number of aromatic nitrogens is 3. The summed E-state index contributed by atoms with van der Waals surface area (Å²) >= 11 is 0. The zero-order valence-corrected chi connectivity index (χ0v) is 15.0. The Balaban J connectivity index is 2.16. The number of hydrogen-bond donors (Lipinski definition) is 1. The Kier molecular flexibility index (Phi) is 4.63. The van der Waals surface area contributed by atoms with E-state index in [4.69, 9.17) is 4.42 Å². The van der Waals surface area contributed by atoms with Crippen LogP contribution in [0.25, 0.3) is 0 Å². The fourth-order valence-electron chi connectivity index (χ4n) is 2.32. The summed E-state index contributed by atoms with van der Waals surface area (Å²) in [6, 6.07) is 1.86. The summed E-state index contributed by atoms with van der Waals surface area (Å²) in [4.78, 5) is 16.6. The van der Waals surface area contributed by atoms with E-state index in [1.54, 1.807) is 0 Å². The normalized spacial score (nSPS) is 12.0. The van der Waals surface area contributed by atoms with Gasteiger partial charge >= 0.3 is 0 Å². The lowest BCUT2D eigenvalue weighted by atomic mass is 10.1. The number of aryl methyl sites for hydroxylation is 2. The summed E-state index contributed by atoms with van der Waals surface area (Å²) in [7, 11) is 0. The first-order chi connectivity index (χ1) is 10.6. The molecule has 0 aliphatic heterocycles. The van der Waals surface area contributed by atoms with Crippen LogP contribution in [0.2, 0.25) is 0 Å². The number of rotatable bonds is 4. The topological polar surface area (TPSA) is 73.0 Å². The van der Waals surface area contributed by atoms with Gasteiger partial charge in [0.2, 0.25) is 5.89 Å². The Bertz CT molecular complexity index is 685. The van der Waals surface area contributed by atoms with Crippen molar-refractivity contribution < 1.29 is 9.21 Å². The van der Waals surface area contributed by atoms with Gasteiger partial charge in [-0.3, -0.25) is 9.48 Å². The van der Waals surface area contributed by atoms with Gasteiger partial charge in [0.15, 0.2) is 0 Å². The molecular weight excluding hydrogens is 292 g/mol. The predicted octanol–water partition coefficient (Wildman–Crippen LogP) is 3.30. The van der Waals surface area contributed by atoms with Crippen molar-refractivity contribution >= 4 is 5.91 Å². The standard InChI is InChI=1S/C17H26N4O2/c1-10(2)14-8-13(20-21(14)17(5,6)7)16(22)18-9-15-19-11(3)12(4)23-15/h8,10H,9H2,1-7H3,(H,18,22). The average Bonchev–Trinajstić information content (AvgIpc) is 3.00. The van der Waals surface area contributed by atoms with Gasteiger partial charge in [-0.2, -0.15) is 5.10 Å². The van der Waals surface area contributed by atoms with E-state index in [0.717, 1.165) is 17.1 Å². The number of amides is 1. The Morgan fingerprint density at radius 1 is 1.35 bits per heavy atom. The Hall–Kier alpha value is -2.11. The summed E-state index contributed by atoms with van der Waals surface area (Å²) in [6.07, 6.45) is 0. The maximum atomic E-state index is 12.4. The van der Waals surface area contributed by atoms with E-state index in [1.807, 2.05) is 24.6 Å². The molecule has 126 valence electrons. The van der Waals surface area contributed by atoms with Gasteiger partial charge in [-0.15, -0.1) is 0 Å². The van der Waals surface area contributed by atoms with Gasteiger partial charge in [0.1, 0.15) is 11.5 Å². The Morgan fingerprint density at radius 2 is 2.00 bits per heavy atom. The lowest BCUT2D eigenvalue weighted by molar-refractivity contribution is 0.0940. The molecule has 0 aliphatic carbocycles. The van der Waals surface area contributed by atoms with Crippen LogP contribution in [0.15, 0.2) is 10.5 Å². The van der Waals surface area contributed by atoms with Crippen LogP contribution in [0.4, 0.5) is 0 Å². The van der Waals surface area contributed by atoms with E-state index in [9.17, 15) is 4.79 Å². The van der Waals surface area contributed by atoms with Crippen molar-refractivity contribution in [3.8, 4) is 0 Å². The highest BCUT2D eigenvalue weighted by Crippen LogP contribution is 2.23. The Labute approximate surface area is 137 Å². The summed E-state index contributed by atoms with van der Waals surface area (Å²) in [5, 5.41) is 7.31. The number of carbonyl (C=O) groups excluding carboxylic acids is 1. The molecule has 2 rings (SSSR count). The molecule has 6 heteroatoms. The van der Waals surface area contributed by atoms with Crippen molar-refractivity contribution in [2.24, 2.45) is 0 Å². The molecule has 0 saturated heterocycles. The van der Waals surface area contributed by atoms with E-state index in [-0.39, 0.29) is 18.0 Å². The molecule has 0 spiro atoms. The molecule has 0 bridgehead atoms. The molecule has 2 heterocycles. The van der Waals surface area contributed by atoms with Gasteiger partial charge in [-0.05, 0) is 46.6 Å². The lowest BCUT2D eigenvalue weighted by Crippen LogP contribution is -2.27. The molecule has 0 saturated carbocycles. The monoisotopic (exact) mass is 318 g/mol. The van der Waals surface area contributed by atoms with Crippen LogP contribution in [-0.2, 0) is 12.1 Å². The van der Waals surface area contributed by atoms with E-state index in [1.165, 1.54) is 0 Å². The van der Waals surface area contributed by atoms with Crippen LogP contribution < -0.4 is 5.32 Å². The Morgan fingerprint density at radius 3 is 2.43 bits per heavy atom. The summed E-state index contributed by atoms with van der Waals surface area (Å²) in [5.41, 5.74) is 2.14. The molecule has 6 nitrogen and oxygen atoms in total. The third-order valence-corrected chi connectivity index (χ3v) is 3.67. The smallest absolute Gasteiger partial charge is 0.272 e. The summed E-state index contributed by atoms with van der Waals surface area (Å²) in [5.74, 6) is 1.35. The minimum atomic E-state index is -0.219. The highest BCUT2D eigenvalue weighted by molar-refractivity contribution is 5.92. The molecule has 0 unspecified atom stereocenters. The van der Waals surface area contributed by atoms with Gasteiger partial charge < -0.3 is 9.73 Å². The number of nitrogens with zero attached hydrogens (tertiary/aromatic N) is 3.